The third kappa shape index (κ3) is 3.12. The monoisotopic (exact) mass is 438 g/mol. The Balaban J connectivity index is 1.75. The average Bonchev–Trinajstić information content (AvgIpc) is 3.40. The molecule has 4 nitrogen and oxygen atoms in total. The van der Waals surface area contributed by atoms with Crippen LogP contribution in [0.4, 0.5) is 13.2 Å². The van der Waals surface area contributed by atoms with Crippen LogP contribution in [0.2, 0.25) is 0 Å². The molecule has 1 heterocycles. The quantitative estimate of drug-likeness (QED) is 0.754. The molecule has 1 amide bonds. The predicted molar refractivity (Wildman–Crippen MR) is 96.2 cm³/mol. The normalized spacial score (nSPS) is 26.4. The summed E-state index contributed by atoms with van der Waals surface area (Å²) >= 11 is 3.22. The summed E-state index contributed by atoms with van der Waals surface area (Å²) in [6, 6.07) is 13.8. The summed E-state index contributed by atoms with van der Waals surface area (Å²) in [5, 5.41) is 2.38. The molecule has 0 aromatic heterocycles. The van der Waals surface area contributed by atoms with Crippen molar-refractivity contribution in [1.29, 1.82) is 0 Å². The maximum Gasteiger partial charge on any atom is 0.418 e. The summed E-state index contributed by atoms with van der Waals surface area (Å²) < 4.78 is 48.7. The van der Waals surface area contributed by atoms with Crippen LogP contribution in [0.5, 0.6) is 0 Å². The van der Waals surface area contributed by atoms with E-state index >= 15 is 0 Å². The van der Waals surface area contributed by atoms with E-state index in [9.17, 15) is 18.0 Å². The van der Waals surface area contributed by atoms with Crippen LogP contribution in [0.15, 0.2) is 64.1 Å². The molecule has 3 atom stereocenters. The SMILES string of the molecule is O=C(NC1=N[C@@](c2cccc(Br)c2)(C(F)(F)F)[C@H]2CC2O1)c1ccccc1. The number of aliphatic imine (C=N–C) groups is 1. The van der Waals surface area contributed by atoms with Crippen molar-refractivity contribution in [2.24, 2.45) is 10.9 Å². The van der Waals surface area contributed by atoms with Gasteiger partial charge in [-0.1, -0.05) is 46.3 Å². The standard InChI is InChI=1S/C19H14BrF3N2O2/c20-13-8-4-7-12(9-13)18(19(21,22)23)14-10-15(14)27-17(25-18)24-16(26)11-5-2-1-3-6-11/h1-9,14-15H,10H2,(H,24,25,26)/t14-,15?,18+/m0/s1. The van der Waals surface area contributed by atoms with Gasteiger partial charge in [-0.3, -0.25) is 10.1 Å². The van der Waals surface area contributed by atoms with Crippen molar-refractivity contribution in [2.75, 3.05) is 0 Å². The maximum atomic E-state index is 14.2. The Labute approximate surface area is 161 Å². The highest BCUT2D eigenvalue weighted by atomic mass is 79.9. The van der Waals surface area contributed by atoms with Gasteiger partial charge >= 0.3 is 6.18 Å². The number of hydrogen-bond donors (Lipinski definition) is 1. The molecule has 0 saturated heterocycles. The fourth-order valence-electron chi connectivity index (χ4n) is 3.41. The van der Waals surface area contributed by atoms with Crippen LogP contribution in [0.3, 0.4) is 0 Å². The first kappa shape index (κ1) is 18.0. The van der Waals surface area contributed by atoms with Crippen LogP contribution in [0.1, 0.15) is 22.3 Å². The van der Waals surface area contributed by atoms with Crippen LogP contribution in [-0.4, -0.2) is 24.2 Å². The van der Waals surface area contributed by atoms with E-state index in [2.05, 4.69) is 26.2 Å². The highest BCUT2D eigenvalue weighted by Crippen LogP contribution is 2.60. The molecule has 0 bridgehead atoms. The highest BCUT2D eigenvalue weighted by Gasteiger charge is 2.71. The number of nitrogens with zero attached hydrogens (tertiary/aromatic N) is 1. The van der Waals surface area contributed by atoms with Gasteiger partial charge in [-0.15, -0.1) is 0 Å². The number of amides is 1. The minimum Gasteiger partial charge on any atom is -0.461 e. The molecule has 4 rings (SSSR count). The van der Waals surface area contributed by atoms with Crippen LogP contribution in [-0.2, 0) is 10.3 Å². The van der Waals surface area contributed by atoms with Crippen molar-refractivity contribution in [3.8, 4) is 0 Å². The molecule has 8 heteroatoms. The zero-order valence-electron chi connectivity index (χ0n) is 13.8. The summed E-state index contributed by atoms with van der Waals surface area (Å²) in [6.07, 6.45) is -5.05. The molecule has 1 unspecified atom stereocenters. The van der Waals surface area contributed by atoms with Crippen molar-refractivity contribution in [3.63, 3.8) is 0 Å². The molecular weight excluding hydrogens is 425 g/mol. The summed E-state index contributed by atoms with van der Waals surface area (Å²) in [5.74, 6) is -1.39. The summed E-state index contributed by atoms with van der Waals surface area (Å²) in [6.45, 7) is 0. The zero-order valence-corrected chi connectivity index (χ0v) is 15.4. The molecule has 1 N–H and O–H groups in total. The fourth-order valence-corrected chi connectivity index (χ4v) is 3.81. The largest absolute Gasteiger partial charge is 0.461 e. The summed E-state index contributed by atoms with van der Waals surface area (Å²) in [5.41, 5.74) is -2.12. The van der Waals surface area contributed by atoms with Gasteiger partial charge in [0, 0.05) is 16.0 Å². The fraction of sp³-hybridized carbons (Fsp3) is 0.263. The minimum absolute atomic E-state index is 0.0200. The molecular formula is C19H14BrF3N2O2. The molecule has 1 aliphatic carbocycles. The van der Waals surface area contributed by atoms with E-state index in [-0.39, 0.29) is 12.0 Å². The molecule has 2 aromatic carbocycles. The highest BCUT2D eigenvalue weighted by molar-refractivity contribution is 9.10. The zero-order chi connectivity index (χ0) is 19.2. The Kier molecular flexibility index (Phi) is 4.25. The number of carbonyl (C=O) groups is 1. The van der Waals surface area contributed by atoms with Crippen molar-refractivity contribution in [3.05, 3.63) is 70.2 Å². The lowest BCUT2D eigenvalue weighted by molar-refractivity contribution is -0.200. The van der Waals surface area contributed by atoms with E-state index in [0.717, 1.165) is 0 Å². The summed E-state index contributed by atoms with van der Waals surface area (Å²) in [7, 11) is 0. The van der Waals surface area contributed by atoms with Crippen molar-refractivity contribution < 1.29 is 22.7 Å². The van der Waals surface area contributed by atoms with Gasteiger partial charge in [-0.2, -0.15) is 13.2 Å². The molecule has 2 aliphatic rings. The molecule has 2 aromatic rings. The van der Waals surface area contributed by atoms with Gasteiger partial charge in [0.1, 0.15) is 6.10 Å². The average molecular weight is 439 g/mol. The van der Waals surface area contributed by atoms with E-state index in [1.807, 2.05) is 0 Å². The number of amidine groups is 1. The Morgan fingerprint density at radius 3 is 2.59 bits per heavy atom. The first-order chi connectivity index (χ1) is 12.8. The number of fused-ring (bicyclic) bond motifs is 1. The van der Waals surface area contributed by atoms with Gasteiger partial charge in [0.2, 0.25) is 0 Å². The number of carbonyl (C=O) groups excluding carboxylic acids is 1. The third-order valence-electron chi connectivity index (χ3n) is 4.76. The number of benzene rings is 2. The van der Waals surface area contributed by atoms with Crippen molar-refractivity contribution in [2.45, 2.75) is 24.2 Å². The topological polar surface area (TPSA) is 50.7 Å². The van der Waals surface area contributed by atoms with Crippen LogP contribution < -0.4 is 5.32 Å². The van der Waals surface area contributed by atoms with E-state index in [0.29, 0.717) is 10.0 Å². The maximum absolute atomic E-state index is 14.2. The summed E-state index contributed by atoms with van der Waals surface area (Å²) in [4.78, 5) is 16.2. The second kappa shape index (κ2) is 6.37. The van der Waals surface area contributed by atoms with E-state index in [4.69, 9.17) is 4.74 Å². The van der Waals surface area contributed by atoms with Gasteiger partial charge in [0.15, 0.2) is 5.54 Å². The smallest absolute Gasteiger partial charge is 0.418 e. The lowest BCUT2D eigenvalue weighted by Gasteiger charge is -2.36. The first-order valence-corrected chi connectivity index (χ1v) is 9.06. The molecule has 1 fully saturated rings. The molecule has 1 aliphatic heterocycles. The van der Waals surface area contributed by atoms with Crippen LogP contribution in [0.25, 0.3) is 0 Å². The Morgan fingerprint density at radius 1 is 1.19 bits per heavy atom. The van der Waals surface area contributed by atoms with Crippen LogP contribution >= 0.6 is 15.9 Å². The second-order valence-corrected chi connectivity index (χ2v) is 7.43. The number of ether oxygens (including phenoxy) is 1. The Bertz CT molecular complexity index is 917. The number of halogens is 4. The lowest BCUT2D eigenvalue weighted by atomic mass is 9.84. The van der Waals surface area contributed by atoms with E-state index in [1.165, 1.54) is 18.2 Å². The predicted octanol–water partition coefficient (Wildman–Crippen LogP) is 4.41. The Morgan fingerprint density at radius 2 is 1.93 bits per heavy atom. The van der Waals surface area contributed by atoms with Crippen molar-refractivity contribution >= 4 is 27.9 Å². The molecule has 1 saturated carbocycles. The van der Waals surface area contributed by atoms with E-state index in [1.54, 1.807) is 36.4 Å². The first-order valence-electron chi connectivity index (χ1n) is 8.27. The van der Waals surface area contributed by atoms with Gasteiger partial charge < -0.3 is 4.74 Å². The third-order valence-corrected chi connectivity index (χ3v) is 5.26. The molecule has 27 heavy (non-hydrogen) atoms. The minimum atomic E-state index is -4.64. The molecule has 0 spiro atoms. The van der Waals surface area contributed by atoms with Gasteiger partial charge in [-0.25, -0.2) is 4.99 Å². The second-order valence-electron chi connectivity index (χ2n) is 6.51. The molecule has 140 valence electrons. The number of alkyl halides is 3. The van der Waals surface area contributed by atoms with Crippen molar-refractivity contribution in [1.82, 2.24) is 5.32 Å². The molecule has 0 radical (unpaired) electrons. The number of hydrogen-bond acceptors (Lipinski definition) is 3. The van der Waals surface area contributed by atoms with Crippen LogP contribution in [0, 0.1) is 5.92 Å². The van der Waals surface area contributed by atoms with Gasteiger partial charge in [0.05, 0.1) is 0 Å². The number of rotatable bonds is 2. The number of nitrogens with one attached hydrogen (secondary N) is 1. The van der Waals surface area contributed by atoms with E-state index < -0.39 is 35.7 Å². The lowest BCUT2D eigenvalue weighted by Crippen LogP contribution is -2.49. The van der Waals surface area contributed by atoms with Gasteiger partial charge in [0.25, 0.3) is 11.9 Å². The van der Waals surface area contributed by atoms with Gasteiger partial charge in [-0.05, 0) is 36.2 Å². The Hall–Kier alpha value is -2.35.